The maximum Gasteiger partial charge on any atom is 0.317 e. The minimum atomic E-state index is -0.756. The van der Waals surface area contributed by atoms with Crippen LogP contribution in [0.4, 0.5) is 5.95 Å². The maximum absolute atomic E-state index is 10.6. The van der Waals surface area contributed by atoms with Gasteiger partial charge in [-0.3, -0.25) is 9.69 Å². The molecule has 2 rings (SSSR count). The van der Waals surface area contributed by atoms with Crippen LogP contribution in [0.1, 0.15) is 6.92 Å². The van der Waals surface area contributed by atoms with E-state index in [1.807, 2.05) is 17.3 Å². The summed E-state index contributed by atoms with van der Waals surface area (Å²) in [5.74, 6) is 0.232. The van der Waals surface area contributed by atoms with Crippen molar-refractivity contribution >= 4 is 11.9 Å². The van der Waals surface area contributed by atoms with Crippen LogP contribution in [0.2, 0.25) is 0 Å². The predicted octanol–water partition coefficient (Wildman–Crippen LogP) is 0.110. The number of carboxylic acid groups (broad SMARTS) is 1. The van der Waals surface area contributed by atoms with E-state index in [0.29, 0.717) is 0 Å². The van der Waals surface area contributed by atoms with E-state index in [1.165, 1.54) is 0 Å². The zero-order valence-electron chi connectivity index (χ0n) is 10.0. The van der Waals surface area contributed by atoms with Crippen LogP contribution in [0.15, 0.2) is 12.4 Å². The van der Waals surface area contributed by atoms with Gasteiger partial charge < -0.3 is 14.6 Å². The van der Waals surface area contributed by atoms with E-state index in [4.69, 9.17) is 5.11 Å². The lowest BCUT2D eigenvalue weighted by molar-refractivity contribution is -0.138. The first kappa shape index (κ1) is 11.9. The fourth-order valence-electron chi connectivity index (χ4n) is 2.13. The van der Waals surface area contributed by atoms with Crippen LogP contribution < -0.4 is 4.90 Å². The third kappa shape index (κ3) is 2.76. The van der Waals surface area contributed by atoms with Gasteiger partial charge in [0.1, 0.15) is 0 Å². The maximum atomic E-state index is 10.6. The summed E-state index contributed by atoms with van der Waals surface area (Å²) in [6, 6.07) is 0. The molecular formula is C11H18N4O2. The highest BCUT2D eigenvalue weighted by molar-refractivity contribution is 5.69. The molecule has 0 saturated carbocycles. The fraction of sp³-hybridized carbons (Fsp3) is 0.636. The van der Waals surface area contributed by atoms with Crippen molar-refractivity contribution in [1.82, 2.24) is 14.5 Å². The summed E-state index contributed by atoms with van der Waals surface area (Å²) >= 11 is 0. The van der Waals surface area contributed by atoms with Gasteiger partial charge in [-0.1, -0.05) is 0 Å². The van der Waals surface area contributed by atoms with Gasteiger partial charge >= 0.3 is 5.97 Å². The predicted molar refractivity (Wildman–Crippen MR) is 64.2 cm³/mol. The summed E-state index contributed by atoms with van der Waals surface area (Å²) < 4.78 is 2.10. The molecule has 1 N–H and O–H groups in total. The van der Waals surface area contributed by atoms with Gasteiger partial charge in [0.2, 0.25) is 5.95 Å². The number of carboxylic acids is 1. The van der Waals surface area contributed by atoms with Crippen molar-refractivity contribution in [3.63, 3.8) is 0 Å². The van der Waals surface area contributed by atoms with Gasteiger partial charge in [-0.25, -0.2) is 4.98 Å². The minimum absolute atomic E-state index is 0.135. The molecule has 6 nitrogen and oxygen atoms in total. The molecule has 6 heteroatoms. The summed E-state index contributed by atoms with van der Waals surface area (Å²) in [5.41, 5.74) is 0. The molecule has 1 aromatic rings. The highest BCUT2D eigenvalue weighted by Crippen LogP contribution is 2.13. The van der Waals surface area contributed by atoms with Gasteiger partial charge in [0.25, 0.3) is 0 Å². The van der Waals surface area contributed by atoms with Crippen molar-refractivity contribution in [3.8, 4) is 0 Å². The second kappa shape index (κ2) is 5.18. The van der Waals surface area contributed by atoms with Gasteiger partial charge in [-0.05, 0) is 6.92 Å². The molecule has 17 heavy (non-hydrogen) atoms. The molecule has 1 aliphatic heterocycles. The molecule has 0 radical (unpaired) electrons. The molecule has 0 bridgehead atoms. The molecule has 0 aromatic carbocycles. The van der Waals surface area contributed by atoms with E-state index in [0.717, 1.165) is 38.7 Å². The van der Waals surface area contributed by atoms with Gasteiger partial charge in [-0.15, -0.1) is 0 Å². The first-order chi connectivity index (χ1) is 8.20. The number of carbonyl (C=O) groups is 1. The van der Waals surface area contributed by atoms with Crippen LogP contribution in [0, 0.1) is 0 Å². The number of aliphatic carboxylic acids is 1. The van der Waals surface area contributed by atoms with Crippen LogP contribution in [0.5, 0.6) is 0 Å². The molecule has 1 aliphatic rings. The lowest BCUT2D eigenvalue weighted by Gasteiger charge is -2.34. The Morgan fingerprint density at radius 2 is 2.12 bits per heavy atom. The summed E-state index contributed by atoms with van der Waals surface area (Å²) in [5, 5.41) is 8.73. The highest BCUT2D eigenvalue weighted by atomic mass is 16.4. The lowest BCUT2D eigenvalue weighted by atomic mass is 10.3. The number of piperazine rings is 1. The molecule has 2 heterocycles. The molecule has 1 fully saturated rings. The Morgan fingerprint density at radius 3 is 2.71 bits per heavy atom. The SMILES string of the molecule is CCn1ccnc1N1CCN(CC(=O)O)CC1. The highest BCUT2D eigenvalue weighted by Gasteiger charge is 2.20. The number of aromatic nitrogens is 2. The van der Waals surface area contributed by atoms with Crippen LogP contribution >= 0.6 is 0 Å². The van der Waals surface area contributed by atoms with Crippen LogP contribution in [0.3, 0.4) is 0 Å². The summed E-state index contributed by atoms with van der Waals surface area (Å²) in [4.78, 5) is 19.1. The van der Waals surface area contributed by atoms with Gasteiger partial charge in [0.05, 0.1) is 6.54 Å². The third-order valence-corrected chi connectivity index (χ3v) is 3.05. The monoisotopic (exact) mass is 238 g/mol. The molecule has 0 spiro atoms. The van der Waals surface area contributed by atoms with Crippen LogP contribution in [-0.4, -0.2) is 58.3 Å². The molecule has 94 valence electrons. The zero-order valence-corrected chi connectivity index (χ0v) is 10.0. The summed E-state index contributed by atoms with van der Waals surface area (Å²) in [7, 11) is 0. The Bertz CT molecular complexity index is 383. The molecule has 0 atom stereocenters. The van der Waals surface area contributed by atoms with E-state index in [2.05, 4.69) is 21.4 Å². The normalized spacial score (nSPS) is 17.4. The molecule has 1 aromatic heterocycles. The summed E-state index contributed by atoms with van der Waals surface area (Å²) in [6.07, 6.45) is 3.78. The topological polar surface area (TPSA) is 61.6 Å². The average molecular weight is 238 g/mol. The number of hydrogen-bond acceptors (Lipinski definition) is 4. The number of anilines is 1. The first-order valence-corrected chi connectivity index (χ1v) is 5.91. The Hall–Kier alpha value is -1.56. The van der Waals surface area contributed by atoms with E-state index < -0.39 is 5.97 Å². The number of nitrogens with zero attached hydrogens (tertiary/aromatic N) is 4. The van der Waals surface area contributed by atoms with Crippen molar-refractivity contribution in [2.45, 2.75) is 13.5 Å². The minimum Gasteiger partial charge on any atom is -0.480 e. The second-order valence-electron chi connectivity index (χ2n) is 4.17. The fourth-order valence-corrected chi connectivity index (χ4v) is 2.13. The molecular weight excluding hydrogens is 220 g/mol. The van der Waals surface area contributed by atoms with Gasteiger partial charge in [-0.2, -0.15) is 0 Å². The average Bonchev–Trinajstić information content (AvgIpc) is 2.77. The van der Waals surface area contributed by atoms with Crippen LogP contribution in [0.25, 0.3) is 0 Å². The molecule has 0 amide bonds. The number of imidazole rings is 1. The summed E-state index contributed by atoms with van der Waals surface area (Å²) in [6.45, 7) is 6.37. The Kier molecular flexibility index (Phi) is 3.63. The number of hydrogen-bond donors (Lipinski definition) is 1. The van der Waals surface area contributed by atoms with Crippen molar-refractivity contribution in [1.29, 1.82) is 0 Å². The van der Waals surface area contributed by atoms with Gasteiger partial charge in [0, 0.05) is 45.1 Å². The molecule has 0 unspecified atom stereocenters. The van der Waals surface area contributed by atoms with Gasteiger partial charge in [0.15, 0.2) is 0 Å². The quantitative estimate of drug-likeness (QED) is 0.806. The van der Waals surface area contributed by atoms with Crippen molar-refractivity contribution in [3.05, 3.63) is 12.4 Å². The van der Waals surface area contributed by atoms with E-state index >= 15 is 0 Å². The second-order valence-corrected chi connectivity index (χ2v) is 4.17. The van der Waals surface area contributed by atoms with E-state index in [-0.39, 0.29) is 6.54 Å². The van der Waals surface area contributed by atoms with E-state index in [9.17, 15) is 4.79 Å². The van der Waals surface area contributed by atoms with Crippen molar-refractivity contribution < 1.29 is 9.90 Å². The molecule has 0 aliphatic carbocycles. The lowest BCUT2D eigenvalue weighted by Crippen LogP contribution is -2.48. The van der Waals surface area contributed by atoms with Crippen molar-refractivity contribution in [2.75, 3.05) is 37.6 Å². The van der Waals surface area contributed by atoms with Crippen LogP contribution in [-0.2, 0) is 11.3 Å². The Labute approximate surface area is 100 Å². The number of aryl methyl sites for hydroxylation is 1. The standard InChI is InChI=1S/C11H18N4O2/c1-2-14-4-3-12-11(14)15-7-5-13(6-8-15)9-10(16)17/h3-4H,2,5-9H2,1H3,(H,16,17). The first-order valence-electron chi connectivity index (χ1n) is 5.91. The Morgan fingerprint density at radius 1 is 1.41 bits per heavy atom. The largest absolute Gasteiger partial charge is 0.480 e. The third-order valence-electron chi connectivity index (χ3n) is 3.05. The Balaban J connectivity index is 1.93. The van der Waals surface area contributed by atoms with E-state index in [1.54, 1.807) is 0 Å². The number of rotatable bonds is 4. The molecule has 1 saturated heterocycles. The van der Waals surface area contributed by atoms with Crippen molar-refractivity contribution in [2.24, 2.45) is 0 Å². The smallest absolute Gasteiger partial charge is 0.317 e. The zero-order chi connectivity index (χ0) is 12.3.